The van der Waals surface area contributed by atoms with Crippen molar-refractivity contribution in [3.8, 4) is 0 Å². The van der Waals surface area contributed by atoms with E-state index in [0.29, 0.717) is 24.9 Å². The number of aromatic amines is 1. The minimum absolute atomic E-state index is 0.106. The second kappa shape index (κ2) is 6.31. The zero-order chi connectivity index (χ0) is 14.7. The molecule has 1 atom stereocenters. The number of hydrogen-bond donors (Lipinski definition) is 1. The molecule has 0 bridgehead atoms. The number of aromatic nitrogens is 5. The highest BCUT2D eigenvalue weighted by Gasteiger charge is 2.26. The van der Waals surface area contributed by atoms with E-state index in [0.717, 1.165) is 37.6 Å². The van der Waals surface area contributed by atoms with Gasteiger partial charge in [-0.15, -0.1) is 0 Å². The monoisotopic (exact) mass is 292 g/mol. The first-order chi connectivity index (χ1) is 10.2. The molecule has 3 heterocycles. The molecule has 8 heteroatoms. The van der Waals surface area contributed by atoms with E-state index in [4.69, 9.17) is 9.26 Å². The third-order valence-electron chi connectivity index (χ3n) is 3.39. The average molecular weight is 292 g/mol. The SMILES string of the molecule is CCCc1nc(CN2CCO[C@H](c3n[nH]c(C)n3)C2)no1. The minimum Gasteiger partial charge on any atom is -0.367 e. The van der Waals surface area contributed by atoms with Crippen LogP contribution in [0.2, 0.25) is 0 Å². The summed E-state index contributed by atoms with van der Waals surface area (Å²) in [5.74, 6) is 2.94. The quantitative estimate of drug-likeness (QED) is 0.879. The predicted octanol–water partition coefficient (Wildman–Crippen LogP) is 1.02. The molecule has 1 fully saturated rings. The van der Waals surface area contributed by atoms with E-state index < -0.39 is 0 Å². The molecule has 0 amide bonds. The number of morpholine rings is 1. The van der Waals surface area contributed by atoms with Gasteiger partial charge >= 0.3 is 0 Å². The van der Waals surface area contributed by atoms with Crippen molar-refractivity contribution in [2.24, 2.45) is 0 Å². The average Bonchev–Trinajstić information content (AvgIpc) is 3.09. The van der Waals surface area contributed by atoms with E-state index in [9.17, 15) is 0 Å². The number of nitrogens with one attached hydrogen (secondary N) is 1. The Kier molecular flexibility index (Phi) is 4.26. The number of aryl methyl sites for hydroxylation is 2. The van der Waals surface area contributed by atoms with Gasteiger partial charge in [-0.2, -0.15) is 10.1 Å². The summed E-state index contributed by atoms with van der Waals surface area (Å²) >= 11 is 0. The zero-order valence-corrected chi connectivity index (χ0v) is 12.4. The van der Waals surface area contributed by atoms with Crippen molar-refractivity contribution in [2.75, 3.05) is 19.7 Å². The van der Waals surface area contributed by atoms with E-state index >= 15 is 0 Å². The van der Waals surface area contributed by atoms with Gasteiger partial charge in [-0.05, 0) is 13.3 Å². The van der Waals surface area contributed by atoms with E-state index in [1.165, 1.54) is 0 Å². The van der Waals surface area contributed by atoms with E-state index in [1.54, 1.807) is 0 Å². The van der Waals surface area contributed by atoms with Crippen LogP contribution in [0.5, 0.6) is 0 Å². The van der Waals surface area contributed by atoms with E-state index in [2.05, 4.69) is 37.1 Å². The highest BCUT2D eigenvalue weighted by molar-refractivity contribution is 4.96. The topological polar surface area (TPSA) is 93.0 Å². The number of H-pyrrole nitrogens is 1. The molecule has 1 saturated heterocycles. The minimum atomic E-state index is -0.106. The van der Waals surface area contributed by atoms with Crippen molar-refractivity contribution in [1.82, 2.24) is 30.2 Å². The molecular formula is C13H20N6O2. The van der Waals surface area contributed by atoms with Gasteiger partial charge in [0.15, 0.2) is 11.6 Å². The molecular weight excluding hydrogens is 272 g/mol. The van der Waals surface area contributed by atoms with Crippen LogP contribution in [0.15, 0.2) is 4.52 Å². The molecule has 2 aromatic rings. The first kappa shape index (κ1) is 14.2. The predicted molar refractivity (Wildman–Crippen MR) is 73.4 cm³/mol. The largest absolute Gasteiger partial charge is 0.367 e. The summed E-state index contributed by atoms with van der Waals surface area (Å²) in [5.41, 5.74) is 0. The van der Waals surface area contributed by atoms with Crippen molar-refractivity contribution >= 4 is 0 Å². The van der Waals surface area contributed by atoms with Crippen LogP contribution in [0.25, 0.3) is 0 Å². The third-order valence-corrected chi connectivity index (χ3v) is 3.39. The van der Waals surface area contributed by atoms with Gasteiger partial charge in [-0.1, -0.05) is 12.1 Å². The molecule has 8 nitrogen and oxygen atoms in total. The Balaban J connectivity index is 1.60. The molecule has 0 saturated carbocycles. The molecule has 1 aliphatic rings. The fourth-order valence-electron chi connectivity index (χ4n) is 2.38. The second-order valence-electron chi connectivity index (χ2n) is 5.23. The lowest BCUT2D eigenvalue weighted by Gasteiger charge is -2.30. The number of rotatable bonds is 5. The number of nitrogens with zero attached hydrogens (tertiary/aromatic N) is 5. The molecule has 21 heavy (non-hydrogen) atoms. The summed E-state index contributed by atoms with van der Waals surface area (Å²) in [6, 6.07) is 0. The summed E-state index contributed by atoms with van der Waals surface area (Å²) in [7, 11) is 0. The molecule has 0 aliphatic carbocycles. The molecule has 1 aliphatic heterocycles. The number of hydrogen-bond acceptors (Lipinski definition) is 7. The first-order valence-electron chi connectivity index (χ1n) is 7.29. The molecule has 114 valence electrons. The maximum absolute atomic E-state index is 5.74. The molecule has 2 aromatic heterocycles. The highest BCUT2D eigenvalue weighted by Crippen LogP contribution is 2.20. The Morgan fingerprint density at radius 3 is 3.05 bits per heavy atom. The third kappa shape index (κ3) is 3.45. The van der Waals surface area contributed by atoms with Crippen LogP contribution in [-0.2, 0) is 17.7 Å². The second-order valence-corrected chi connectivity index (χ2v) is 5.23. The van der Waals surface area contributed by atoms with Gasteiger partial charge in [-0.3, -0.25) is 10.00 Å². The van der Waals surface area contributed by atoms with Crippen LogP contribution >= 0.6 is 0 Å². The van der Waals surface area contributed by atoms with Crippen molar-refractivity contribution < 1.29 is 9.26 Å². The lowest BCUT2D eigenvalue weighted by molar-refractivity contribution is -0.0379. The Bertz CT molecular complexity index is 581. The van der Waals surface area contributed by atoms with Crippen molar-refractivity contribution in [3.63, 3.8) is 0 Å². The van der Waals surface area contributed by atoms with Gasteiger partial charge in [0.25, 0.3) is 0 Å². The Morgan fingerprint density at radius 2 is 2.29 bits per heavy atom. The Hall–Kier alpha value is -1.80. The maximum atomic E-state index is 5.74. The van der Waals surface area contributed by atoms with Gasteiger partial charge in [0.1, 0.15) is 11.9 Å². The van der Waals surface area contributed by atoms with Crippen LogP contribution in [0.1, 0.15) is 42.8 Å². The van der Waals surface area contributed by atoms with Crippen LogP contribution < -0.4 is 0 Å². The lowest BCUT2D eigenvalue weighted by Crippen LogP contribution is -2.38. The molecule has 0 spiro atoms. The van der Waals surface area contributed by atoms with Crippen molar-refractivity contribution in [3.05, 3.63) is 23.4 Å². The van der Waals surface area contributed by atoms with Gasteiger partial charge in [-0.25, -0.2) is 4.98 Å². The molecule has 0 unspecified atom stereocenters. The summed E-state index contributed by atoms with van der Waals surface area (Å²) in [5, 5.41) is 11.0. The van der Waals surface area contributed by atoms with E-state index in [-0.39, 0.29) is 6.10 Å². The summed E-state index contributed by atoms with van der Waals surface area (Å²) in [4.78, 5) is 11.0. The first-order valence-corrected chi connectivity index (χ1v) is 7.29. The lowest BCUT2D eigenvalue weighted by atomic mass is 10.2. The normalized spacial score (nSPS) is 20.0. The van der Waals surface area contributed by atoms with Crippen LogP contribution in [0, 0.1) is 6.92 Å². The zero-order valence-electron chi connectivity index (χ0n) is 12.4. The molecule has 3 rings (SSSR count). The standard InChI is InChI=1S/C13H20N6O2/c1-3-4-12-15-11(18-21-12)8-19-5-6-20-10(7-19)13-14-9(2)16-17-13/h10H,3-8H2,1-2H3,(H,14,16,17)/t10-/m0/s1. The molecule has 0 radical (unpaired) electrons. The van der Waals surface area contributed by atoms with Crippen molar-refractivity contribution in [1.29, 1.82) is 0 Å². The smallest absolute Gasteiger partial charge is 0.226 e. The highest BCUT2D eigenvalue weighted by atomic mass is 16.5. The Labute approximate surface area is 122 Å². The summed E-state index contributed by atoms with van der Waals surface area (Å²) in [6.45, 7) is 6.86. The summed E-state index contributed by atoms with van der Waals surface area (Å²) in [6.07, 6.45) is 1.73. The maximum Gasteiger partial charge on any atom is 0.226 e. The molecule has 0 aromatic carbocycles. The van der Waals surface area contributed by atoms with Crippen LogP contribution in [0.4, 0.5) is 0 Å². The van der Waals surface area contributed by atoms with Crippen LogP contribution in [0.3, 0.4) is 0 Å². The fourth-order valence-corrected chi connectivity index (χ4v) is 2.38. The van der Waals surface area contributed by atoms with Gasteiger partial charge in [0.05, 0.1) is 13.2 Å². The van der Waals surface area contributed by atoms with Crippen molar-refractivity contribution in [2.45, 2.75) is 39.3 Å². The Morgan fingerprint density at radius 1 is 1.38 bits per heavy atom. The fraction of sp³-hybridized carbons (Fsp3) is 0.692. The van der Waals surface area contributed by atoms with Crippen LogP contribution in [-0.4, -0.2) is 49.9 Å². The van der Waals surface area contributed by atoms with E-state index in [1.807, 2.05) is 6.92 Å². The summed E-state index contributed by atoms with van der Waals surface area (Å²) < 4.78 is 11.0. The van der Waals surface area contributed by atoms with Gasteiger partial charge < -0.3 is 9.26 Å². The number of ether oxygens (including phenoxy) is 1. The van der Waals surface area contributed by atoms with Gasteiger partial charge in [0.2, 0.25) is 5.89 Å². The molecule has 1 N–H and O–H groups in total. The van der Waals surface area contributed by atoms with Gasteiger partial charge in [0, 0.05) is 19.5 Å².